The first-order valence-electron chi connectivity index (χ1n) is 20.0. The summed E-state index contributed by atoms with van der Waals surface area (Å²) in [6.45, 7) is 4.46. The van der Waals surface area contributed by atoms with Crippen LogP contribution in [0.4, 0.5) is 5.69 Å². The summed E-state index contributed by atoms with van der Waals surface area (Å²) in [6, 6.07) is 2.14. The summed E-state index contributed by atoms with van der Waals surface area (Å²) in [4.78, 5) is 56.7. The van der Waals surface area contributed by atoms with Crippen molar-refractivity contribution in [2.75, 3.05) is 48.9 Å². The number of fused-ring (bicyclic) bond motifs is 2. The number of methoxy groups -OCH3 is 1. The molecule has 0 saturated carbocycles. The average molecular weight is 780 g/mol. The fourth-order valence-electron chi connectivity index (χ4n) is 7.08. The van der Waals surface area contributed by atoms with Gasteiger partial charge in [-0.2, -0.15) is 11.8 Å². The number of nitrogens with two attached hydrogens (primary N) is 1. The number of carbonyl (C=O) groups is 4. The number of nitrogens with one attached hydrogen (secondary N) is 2. The number of carbonyl (C=O) groups excluding carboxylic acids is 4. The van der Waals surface area contributed by atoms with Gasteiger partial charge in [0.05, 0.1) is 24.1 Å². The van der Waals surface area contributed by atoms with Crippen molar-refractivity contribution in [1.82, 2.24) is 14.9 Å². The van der Waals surface area contributed by atoms with Gasteiger partial charge in [-0.15, -0.1) is 0 Å². The molecule has 3 rings (SSSR count). The van der Waals surface area contributed by atoms with Gasteiger partial charge in [-0.3, -0.25) is 14.4 Å². The van der Waals surface area contributed by atoms with E-state index in [4.69, 9.17) is 10.5 Å². The van der Waals surface area contributed by atoms with Crippen LogP contribution in [-0.2, 0) is 24.3 Å². The molecule has 1 saturated heterocycles. The fourth-order valence-corrected chi connectivity index (χ4v) is 9.57. The molecule has 0 unspecified atom stereocenters. The summed E-state index contributed by atoms with van der Waals surface area (Å²) in [5, 5.41) is 2.78. The Morgan fingerprint density at radius 3 is 2.11 bits per heavy atom. The third kappa shape index (κ3) is 14.5. The highest BCUT2D eigenvalue weighted by Crippen LogP contribution is 2.33. The molecule has 2 heterocycles. The van der Waals surface area contributed by atoms with Crippen molar-refractivity contribution in [1.29, 1.82) is 0 Å². The molecule has 0 spiro atoms. The van der Waals surface area contributed by atoms with Crippen molar-refractivity contribution in [3.8, 4) is 0 Å². The molecular formula is C39H65N5O7S2. The van der Waals surface area contributed by atoms with E-state index >= 15 is 0 Å². The third-order valence-corrected chi connectivity index (χ3v) is 12.7. The Bertz CT molecular complexity index is 1430. The Morgan fingerprint density at radius 2 is 1.53 bits per heavy atom. The number of hydrogen-bond acceptors (Lipinski definition) is 9. The van der Waals surface area contributed by atoms with Crippen LogP contribution >= 0.6 is 11.8 Å². The molecule has 14 heteroatoms. The van der Waals surface area contributed by atoms with Gasteiger partial charge in [0.1, 0.15) is 12.1 Å². The molecule has 2 aliphatic heterocycles. The predicted molar refractivity (Wildman–Crippen MR) is 214 cm³/mol. The van der Waals surface area contributed by atoms with Gasteiger partial charge >= 0.3 is 5.97 Å². The summed E-state index contributed by atoms with van der Waals surface area (Å²) >= 11 is 1.60. The Balaban J connectivity index is 1.52. The van der Waals surface area contributed by atoms with Crippen molar-refractivity contribution in [3.05, 3.63) is 29.3 Å². The van der Waals surface area contributed by atoms with Crippen molar-refractivity contribution < 1.29 is 32.3 Å². The topological polar surface area (TPSA) is 168 Å². The van der Waals surface area contributed by atoms with Crippen LogP contribution < -0.4 is 20.7 Å². The largest absolute Gasteiger partial charge is 0.467 e. The molecule has 300 valence electrons. The molecule has 3 amide bonds. The van der Waals surface area contributed by atoms with Crippen LogP contribution in [0.1, 0.15) is 144 Å². The van der Waals surface area contributed by atoms with E-state index in [1.165, 1.54) is 106 Å². The van der Waals surface area contributed by atoms with Gasteiger partial charge in [0.2, 0.25) is 15.9 Å². The third-order valence-electron chi connectivity index (χ3n) is 10.1. The maximum absolute atomic E-state index is 14.0. The molecule has 0 aliphatic carbocycles. The lowest BCUT2D eigenvalue weighted by Crippen LogP contribution is -2.46. The molecule has 1 fully saturated rings. The van der Waals surface area contributed by atoms with Crippen molar-refractivity contribution in [2.24, 2.45) is 5.73 Å². The molecule has 0 bridgehead atoms. The second kappa shape index (κ2) is 24.0. The minimum Gasteiger partial charge on any atom is -0.467 e. The highest BCUT2D eigenvalue weighted by atomic mass is 32.2. The van der Waals surface area contributed by atoms with Gasteiger partial charge in [0.15, 0.2) is 0 Å². The normalized spacial score (nSPS) is 17.7. The second-order valence-corrected chi connectivity index (χ2v) is 17.5. The lowest BCUT2D eigenvalue weighted by molar-refractivity contribution is -0.142. The second-order valence-electron chi connectivity index (χ2n) is 14.4. The van der Waals surface area contributed by atoms with E-state index in [2.05, 4.69) is 17.0 Å². The van der Waals surface area contributed by atoms with E-state index in [-0.39, 0.29) is 48.8 Å². The number of thioether (sulfide) groups is 1. The van der Waals surface area contributed by atoms with E-state index < -0.39 is 45.9 Å². The Morgan fingerprint density at radius 1 is 0.925 bits per heavy atom. The van der Waals surface area contributed by atoms with Gasteiger partial charge in [-0.25, -0.2) is 17.9 Å². The zero-order chi connectivity index (χ0) is 38.6. The molecule has 0 radical (unpaired) electrons. The number of anilines is 1. The zero-order valence-electron chi connectivity index (χ0n) is 32.4. The van der Waals surface area contributed by atoms with Crippen molar-refractivity contribution >= 4 is 51.2 Å². The molecule has 1 aromatic rings. The van der Waals surface area contributed by atoms with Crippen LogP contribution in [0, 0.1) is 0 Å². The highest BCUT2D eigenvalue weighted by Gasteiger charge is 2.46. The molecule has 2 aliphatic rings. The SMILES string of the molecule is CCCCCCCCCCCCCCCCSC[C@H](NC(=O)c1ccc2c(c1)C(=O)N1C[C@@H](NS(=O)(=O)CCCC)C[C@H]1C(=O)N2CCN)C(=O)OC. The van der Waals surface area contributed by atoms with Gasteiger partial charge < -0.3 is 25.6 Å². The number of amides is 3. The van der Waals surface area contributed by atoms with E-state index in [1.807, 2.05) is 6.92 Å². The number of sulfonamides is 1. The molecule has 53 heavy (non-hydrogen) atoms. The highest BCUT2D eigenvalue weighted by molar-refractivity contribution is 7.99. The number of nitrogens with zero attached hydrogens (tertiary/aromatic N) is 2. The first kappa shape index (κ1) is 44.7. The molecule has 3 atom stereocenters. The van der Waals surface area contributed by atoms with Crippen LogP contribution in [0.15, 0.2) is 18.2 Å². The Labute approximate surface area is 322 Å². The van der Waals surface area contributed by atoms with Gasteiger partial charge in [-0.1, -0.05) is 104 Å². The maximum Gasteiger partial charge on any atom is 0.329 e. The summed E-state index contributed by atoms with van der Waals surface area (Å²) in [5.74, 6) is -0.736. The summed E-state index contributed by atoms with van der Waals surface area (Å²) in [5.41, 5.74) is 6.48. The van der Waals surface area contributed by atoms with E-state index in [0.717, 1.165) is 25.0 Å². The Hall–Kier alpha value is -2.68. The zero-order valence-corrected chi connectivity index (χ0v) is 34.0. The number of hydrogen-bond donors (Lipinski definition) is 3. The fraction of sp³-hybridized carbons (Fsp3) is 0.744. The summed E-state index contributed by atoms with van der Waals surface area (Å²) in [7, 11) is -2.30. The van der Waals surface area contributed by atoms with Crippen LogP contribution in [0.5, 0.6) is 0 Å². The molecule has 4 N–H and O–H groups in total. The van der Waals surface area contributed by atoms with Crippen LogP contribution in [0.25, 0.3) is 0 Å². The smallest absolute Gasteiger partial charge is 0.329 e. The lowest BCUT2D eigenvalue weighted by Gasteiger charge is -2.25. The first-order chi connectivity index (χ1) is 25.6. The standard InChI is InChI=1S/C39H65N5O7S2/c1-4-6-8-9-10-11-12-13-14-15-16-17-18-19-24-52-29-33(39(48)51-3)41-36(45)30-20-21-34-32(26-30)37(46)44-28-31(42-53(49,50)25-7-5-2)27-35(44)38(47)43(34)23-22-40/h20-21,26,31,33,35,42H,4-19,22-25,27-29,40H2,1-3H3,(H,41,45)/t31-,33-,35-/m0/s1. The number of unbranched alkanes of at least 4 members (excludes halogenated alkanes) is 14. The minimum atomic E-state index is -3.58. The monoisotopic (exact) mass is 779 g/mol. The van der Waals surface area contributed by atoms with Crippen LogP contribution in [-0.4, -0.2) is 99.1 Å². The number of ether oxygens (including phenoxy) is 1. The molecular weight excluding hydrogens is 715 g/mol. The number of rotatable bonds is 27. The first-order valence-corrected chi connectivity index (χ1v) is 22.8. The van der Waals surface area contributed by atoms with E-state index in [9.17, 15) is 27.6 Å². The van der Waals surface area contributed by atoms with Crippen molar-refractivity contribution in [3.63, 3.8) is 0 Å². The maximum atomic E-state index is 14.0. The van der Waals surface area contributed by atoms with Crippen molar-refractivity contribution in [2.45, 2.75) is 141 Å². The molecule has 1 aromatic carbocycles. The van der Waals surface area contributed by atoms with Crippen LogP contribution in [0.2, 0.25) is 0 Å². The van der Waals surface area contributed by atoms with Gasteiger partial charge in [0.25, 0.3) is 11.8 Å². The van der Waals surface area contributed by atoms with E-state index in [0.29, 0.717) is 17.9 Å². The van der Waals surface area contributed by atoms with Gasteiger partial charge in [0, 0.05) is 37.0 Å². The lowest BCUT2D eigenvalue weighted by atomic mass is 10.0. The predicted octanol–water partition coefficient (Wildman–Crippen LogP) is 5.78. The van der Waals surface area contributed by atoms with Crippen LogP contribution in [0.3, 0.4) is 0 Å². The molecule has 0 aromatic heterocycles. The average Bonchev–Trinajstić information content (AvgIpc) is 3.54. The Kier molecular flexibility index (Phi) is 20.2. The summed E-state index contributed by atoms with van der Waals surface area (Å²) in [6.07, 6.45) is 19.4. The van der Waals surface area contributed by atoms with Gasteiger partial charge in [-0.05, 0) is 43.2 Å². The quantitative estimate of drug-likeness (QED) is 0.0741. The minimum absolute atomic E-state index is 0.0217. The summed E-state index contributed by atoms with van der Waals surface area (Å²) < 4.78 is 32.9. The number of esters is 1. The molecule has 12 nitrogen and oxygen atoms in total. The number of benzene rings is 1. The van der Waals surface area contributed by atoms with E-state index in [1.54, 1.807) is 17.8 Å².